The second kappa shape index (κ2) is 20.8. The van der Waals surface area contributed by atoms with Crippen molar-refractivity contribution in [3.05, 3.63) is 60.8 Å². The molecule has 0 bridgehead atoms. The van der Waals surface area contributed by atoms with Gasteiger partial charge in [0.05, 0.1) is 0 Å². The molecule has 0 saturated carbocycles. The van der Waals surface area contributed by atoms with Crippen molar-refractivity contribution >= 4 is 17.7 Å². The molecule has 27 heavy (non-hydrogen) atoms. The van der Waals surface area contributed by atoms with Crippen molar-refractivity contribution in [2.45, 2.75) is 76.9 Å². The normalized spacial score (nSPS) is 13.9. The highest BCUT2D eigenvalue weighted by atomic mass is 32.2. The van der Waals surface area contributed by atoms with Crippen molar-refractivity contribution in [2.24, 2.45) is 0 Å². The van der Waals surface area contributed by atoms with Crippen molar-refractivity contribution < 1.29 is 9.90 Å². The number of aliphatic carboxylic acids is 1. The SMILES string of the molecule is CCC=CCC=CC/C=C\C/C=C\C/C=C\CCCCSC(CC)C(=O)O. The molecule has 0 rings (SSSR count). The number of carboxylic acid groups (broad SMARTS) is 1. The molecule has 2 nitrogen and oxygen atoms in total. The standard InChI is InChI=1S/C24H38O2S/c1-3-5-6-7-8-9-10-11-12-13-14-15-16-17-18-19-20-21-22-27-23(4-2)24(25)26/h5-6,8-9,11-12,14-15,17-18,23H,3-4,7,10,13,16,19-22H2,1-2H3,(H,25,26)/b6-5?,9-8?,12-11-,15-14-,18-17-. The van der Waals surface area contributed by atoms with Crippen LogP contribution in [0.25, 0.3) is 0 Å². The van der Waals surface area contributed by atoms with E-state index in [2.05, 4.69) is 67.7 Å². The predicted molar refractivity (Wildman–Crippen MR) is 122 cm³/mol. The maximum absolute atomic E-state index is 10.9. The second-order valence-corrected chi connectivity index (χ2v) is 7.62. The summed E-state index contributed by atoms with van der Waals surface area (Å²) < 4.78 is 0. The minimum absolute atomic E-state index is 0.237. The molecule has 0 fully saturated rings. The van der Waals surface area contributed by atoms with E-state index in [0.29, 0.717) is 6.42 Å². The summed E-state index contributed by atoms with van der Waals surface area (Å²) in [4.78, 5) is 10.9. The van der Waals surface area contributed by atoms with Crippen LogP contribution in [0.4, 0.5) is 0 Å². The molecule has 0 spiro atoms. The maximum atomic E-state index is 10.9. The van der Waals surface area contributed by atoms with Gasteiger partial charge in [-0.3, -0.25) is 4.79 Å². The third-order valence-corrected chi connectivity index (χ3v) is 5.35. The summed E-state index contributed by atoms with van der Waals surface area (Å²) in [7, 11) is 0. The lowest BCUT2D eigenvalue weighted by molar-refractivity contribution is -0.136. The Balaban J connectivity index is 3.51. The minimum atomic E-state index is -0.680. The van der Waals surface area contributed by atoms with Crippen LogP contribution < -0.4 is 0 Å². The summed E-state index contributed by atoms with van der Waals surface area (Å²) in [6.07, 6.45) is 31.3. The Morgan fingerprint density at radius 1 is 0.778 bits per heavy atom. The maximum Gasteiger partial charge on any atom is 0.316 e. The van der Waals surface area contributed by atoms with Gasteiger partial charge in [-0.25, -0.2) is 0 Å². The molecule has 0 aliphatic carbocycles. The van der Waals surface area contributed by atoms with Gasteiger partial charge in [0.25, 0.3) is 0 Å². The quantitative estimate of drug-likeness (QED) is 0.206. The summed E-state index contributed by atoms with van der Waals surface area (Å²) in [5.41, 5.74) is 0. The van der Waals surface area contributed by atoms with Crippen LogP contribution in [0.3, 0.4) is 0 Å². The topological polar surface area (TPSA) is 37.3 Å². The molecule has 0 aromatic rings. The fraction of sp³-hybridized carbons (Fsp3) is 0.542. The van der Waals surface area contributed by atoms with E-state index in [1.165, 1.54) is 0 Å². The highest BCUT2D eigenvalue weighted by Crippen LogP contribution is 2.17. The number of hydrogen-bond donors (Lipinski definition) is 1. The lowest BCUT2D eigenvalue weighted by atomic mass is 10.2. The summed E-state index contributed by atoms with van der Waals surface area (Å²) >= 11 is 1.57. The van der Waals surface area contributed by atoms with E-state index in [1.54, 1.807) is 11.8 Å². The average Bonchev–Trinajstić information content (AvgIpc) is 2.66. The van der Waals surface area contributed by atoms with E-state index in [9.17, 15) is 4.79 Å². The Bertz CT molecular complexity index is 487. The molecule has 0 aliphatic heterocycles. The summed E-state index contributed by atoms with van der Waals surface area (Å²) in [5.74, 6) is 0.260. The third-order valence-electron chi connectivity index (χ3n) is 3.89. The molecule has 0 saturated heterocycles. The molecule has 0 amide bonds. The minimum Gasteiger partial charge on any atom is -0.480 e. The van der Waals surface area contributed by atoms with Crippen molar-refractivity contribution in [1.29, 1.82) is 0 Å². The van der Waals surface area contributed by atoms with Crippen LogP contribution in [0.15, 0.2) is 60.8 Å². The first-order chi connectivity index (χ1) is 13.2. The lowest BCUT2D eigenvalue weighted by Gasteiger charge is -2.08. The van der Waals surface area contributed by atoms with Gasteiger partial charge < -0.3 is 5.11 Å². The largest absolute Gasteiger partial charge is 0.480 e. The van der Waals surface area contributed by atoms with Gasteiger partial charge in [0.2, 0.25) is 0 Å². The molecule has 1 unspecified atom stereocenters. The van der Waals surface area contributed by atoms with E-state index in [0.717, 1.165) is 57.1 Å². The van der Waals surface area contributed by atoms with E-state index in [1.807, 2.05) is 6.92 Å². The van der Waals surface area contributed by atoms with Crippen LogP contribution in [-0.2, 0) is 4.79 Å². The lowest BCUT2D eigenvalue weighted by Crippen LogP contribution is -2.15. The van der Waals surface area contributed by atoms with Crippen molar-refractivity contribution in [2.75, 3.05) is 5.75 Å². The number of carboxylic acids is 1. The molecular weight excluding hydrogens is 352 g/mol. The monoisotopic (exact) mass is 390 g/mol. The molecule has 0 radical (unpaired) electrons. The zero-order valence-electron chi connectivity index (χ0n) is 17.2. The van der Waals surface area contributed by atoms with E-state index >= 15 is 0 Å². The Labute approximate surface area is 171 Å². The summed E-state index contributed by atoms with van der Waals surface area (Å²) in [5, 5.41) is 8.74. The Morgan fingerprint density at radius 3 is 1.70 bits per heavy atom. The number of unbranched alkanes of at least 4 members (excludes halogenated alkanes) is 2. The highest BCUT2D eigenvalue weighted by molar-refractivity contribution is 8.00. The first-order valence-electron chi connectivity index (χ1n) is 10.3. The van der Waals surface area contributed by atoms with Crippen LogP contribution in [0.5, 0.6) is 0 Å². The molecule has 0 aromatic heterocycles. The van der Waals surface area contributed by atoms with E-state index in [4.69, 9.17) is 5.11 Å². The first kappa shape index (κ1) is 25.5. The molecule has 3 heteroatoms. The Kier molecular flexibility index (Phi) is 19.7. The van der Waals surface area contributed by atoms with Crippen LogP contribution in [-0.4, -0.2) is 22.1 Å². The Morgan fingerprint density at radius 2 is 1.26 bits per heavy atom. The number of allylic oxidation sites excluding steroid dienone is 10. The number of carbonyl (C=O) groups is 1. The fourth-order valence-electron chi connectivity index (χ4n) is 2.32. The van der Waals surface area contributed by atoms with Crippen LogP contribution in [0, 0.1) is 0 Å². The van der Waals surface area contributed by atoms with Gasteiger partial charge in [0, 0.05) is 0 Å². The van der Waals surface area contributed by atoms with Crippen LogP contribution >= 0.6 is 11.8 Å². The zero-order valence-corrected chi connectivity index (χ0v) is 18.0. The molecule has 0 aromatic carbocycles. The summed E-state index contributed by atoms with van der Waals surface area (Å²) in [6.45, 7) is 4.09. The van der Waals surface area contributed by atoms with Gasteiger partial charge in [-0.1, -0.05) is 74.6 Å². The van der Waals surface area contributed by atoms with Gasteiger partial charge in [0.15, 0.2) is 0 Å². The van der Waals surface area contributed by atoms with E-state index < -0.39 is 5.97 Å². The molecule has 1 atom stereocenters. The Hall–Kier alpha value is -1.48. The van der Waals surface area contributed by atoms with Crippen molar-refractivity contribution in [3.8, 4) is 0 Å². The van der Waals surface area contributed by atoms with Gasteiger partial charge in [-0.2, -0.15) is 0 Å². The van der Waals surface area contributed by atoms with Gasteiger partial charge in [0.1, 0.15) is 5.25 Å². The van der Waals surface area contributed by atoms with Crippen LogP contribution in [0.2, 0.25) is 0 Å². The highest BCUT2D eigenvalue weighted by Gasteiger charge is 2.14. The smallest absolute Gasteiger partial charge is 0.316 e. The van der Waals surface area contributed by atoms with Crippen molar-refractivity contribution in [3.63, 3.8) is 0 Å². The summed E-state index contributed by atoms with van der Waals surface area (Å²) in [6, 6.07) is 0. The number of rotatable bonds is 17. The van der Waals surface area contributed by atoms with Gasteiger partial charge in [-0.05, 0) is 63.5 Å². The molecule has 0 heterocycles. The first-order valence-corrected chi connectivity index (χ1v) is 11.4. The van der Waals surface area contributed by atoms with E-state index in [-0.39, 0.29) is 5.25 Å². The molecule has 0 aliphatic rings. The van der Waals surface area contributed by atoms with Crippen LogP contribution in [0.1, 0.15) is 71.6 Å². The molecular formula is C24H38O2S. The fourth-order valence-corrected chi connectivity index (χ4v) is 3.36. The number of thioether (sulfide) groups is 1. The zero-order chi connectivity index (χ0) is 20.0. The third kappa shape index (κ3) is 19.1. The number of hydrogen-bond acceptors (Lipinski definition) is 2. The molecule has 152 valence electrons. The molecule has 1 N–H and O–H groups in total. The van der Waals surface area contributed by atoms with Gasteiger partial charge >= 0.3 is 5.97 Å². The second-order valence-electron chi connectivity index (χ2n) is 6.31. The van der Waals surface area contributed by atoms with Crippen molar-refractivity contribution in [1.82, 2.24) is 0 Å². The average molecular weight is 391 g/mol. The van der Waals surface area contributed by atoms with Gasteiger partial charge in [-0.15, -0.1) is 11.8 Å². The predicted octanol–water partition coefficient (Wildman–Crippen LogP) is 7.50.